The first-order valence-corrected chi connectivity index (χ1v) is 6.20. The summed E-state index contributed by atoms with van der Waals surface area (Å²) < 4.78 is 5.61. The van der Waals surface area contributed by atoms with Crippen molar-refractivity contribution in [2.24, 2.45) is 5.73 Å². The number of carbonyl (C=O) groups is 1. The van der Waals surface area contributed by atoms with Gasteiger partial charge in [-0.25, -0.2) is 0 Å². The van der Waals surface area contributed by atoms with Crippen LogP contribution in [0.5, 0.6) is 0 Å². The van der Waals surface area contributed by atoms with E-state index in [9.17, 15) is 4.79 Å². The molecule has 1 aromatic heterocycles. The minimum absolute atomic E-state index is 0.0411. The molecule has 0 spiro atoms. The van der Waals surface area contributed by atoms with Gasteiger partial charge in [0.05, 0.1) is 12.2 Å². The zero-order valence-corrected chi connectivity index (χ0v) is 10.8. The van der Waals surface area contributed by atoms with Crippen LogP contribution in [0.4, 0.5) is 0 Å². The van der Waals surface area contributed by atoms with Crippen LogP contribution in [0, 0.1) is 0 Å². The summed E-state index contributed by atoms with van der Waals surface area (Å²) in [7, 11) is 0. The number of hydrogen-bond acceptors (Lipinski definition) is 4. The number of aromatic nitrogens is 1. The van der Waals surface area contributed by atoms with Gasteiger partial charge in [-0.05, 0) is 25.5 Å². The zero-order chi connectivity index (χ0) is 13.1. The Morgan fingerprint density at radius 1 is 1.44 bits per heavy atom. The van der Waals surface area contributed by atoms with Crippen LogP contribution < -0.4 is 5.73 Å². The molecule has 1 fully saturated rings. The summed E-state index contributed by atoms with van der Waals surface area (Å²) in [4.78, 5) is 18.2. The second kappa shape index (κ2) is 5.46. The van der Waals surface area contributed by atoms with E-state index >= 15 is 0 Å². The van der Waals surface area contributed by atoms with Gasteiger partial charge in [-0.1, -0.05) is 6.07 Å². The first kappa shape index (κ1) is 13.0. The molecule has 0 bridgehead atoms. The van der Waals surface area contributed by atoms with Crippen LogP contribution in [0.15, 0.2) is 18.3 Å². The minimum atomic E-state index is -0.0411. The van der Waals surface area contributed by atoms with Crippen LogP contribution in [0.25, 0.3) is 0 Å². The predicted molar refractivity (Wildman–Crippen MR) is 68.0 cm³/mol. The van der Waals surface area contributed by atoms with Gasteiger partial charge in [0, 0.05) is 25.8 Å². The molecule has 2 atom stereocenters. The summed E-state index contributed by atoms with van der Waals surface area (Å²) in [6.45, 7) is 5.61. The Kier molecular flexibility index (Phi) is 3.93. The van der Waals surface area contributed by atoms with Crippen LogP contribution in [0.3, 0.4) is 0 Å². The molecule has 1 aliphatic rings. The zero-order valence-electron chi connectivity index (χ0n) is 10.8. The molecule has 5 nitrogen and oxygen atoms in total. The molecule has 1 aliphatic heterocycles. The fourth-order valence-electron chi connectivity index (χ4n) is 2.18. The van der Waals surface area contributed by atoms with E-state index in [0.29, 0.717) is 25.3 Å². The Morgan fingerprint density at radius 2 is 2.11 bits per heavy atom. The normalized spacial score (nSPS) is 24.1. The molecule has 1 saturated heterocycles. The summed E-state index contributed by atoms with van der Waals surface area (Å²) in [5.74, 6) is -0.0411. The van der Waals surface area contributed by atoms with Crippen molar-refractivity contribution in [2.45, 2.75) is 32.6 Å². The van der Waals surface area contributed by atoms with Crippen molar-refractivity contribution in [3.05, 3.63) is 29.6 Å². The average molecular weight is 249 g/mol. The van der Waals surface area contributed by atoms with Gasteiger partial charge in [0.2, 0.25) is 0 Å². The summed E-state index contributed by atoms with van der Waals surface area (Å²) in [5, 5.41) is 0. The number of amides is 1. The van der Waals surface area contributed by atoms with Crippen LogP contribution in [-0.2, 0) is 11.3 Å². The highest BCUT2D eigenvalue weighted by molar-refractivity contribution is 5.92. The Bertz CT molecular complexity index is 409. The van der Waals surface area contributed by atoms with Crippen molar-refractivity contribution in [1.29, 1.82) is 0 Å². The fraction of sp³-hybridized carbons (Fsp3) is 0.538. The van der Waals surface area contributed by atoms with E-state index in [4.69, 9.17) is 10.5 Å². The first-order chi connectivity index (χ1) is 8.60. The van der Waals surface area contributed by atoms with E-state index in [2.05, 4.69) is 4.98 Å². The van der Waals surface area contributed by atoms with Crippen molar-refractivity contribution in [3.63, 3.8) is 0 Å². The summed E-state index contributed by atoms with van der Waals surface area (Å²) in [6, 6.07) is 3.57. The molecule has 2 rings (SSSR count). The van der Waals surface area contributed by atoms with Crippen molar-refractivity contribution >= 4 is 5.91 Å². The summed E-state index contributed by atoms with van der Waals surface area (Å²) >= 11 is 0. The molecule has 1 aromatic rings. The maximum Gasteiger partial charge on any atom is 0.272 e. The monoisotopic (exact) mass is 249 g/mol. The Morgan fingerprint density at radius 3 is 2.61 bits per heavy atom. The predicted octanol–water partition coefficient (Wildman–Crippen LogP) is 0.790. The number of rotatable bonds is 2. The minimum Gasteiger partial charge on any atom is -0.372 e. The standard InChI is InChI=1S/C13H19N3O2/c1-9-7-16(8-10(2)18-9)13(17)12-4-3-11(5-14)6-15-12/h3-4,6,9-10H,5,7-8,14H2,1-2H3/t9-,10+. The summed E-state index contributed by atoms with van der Waals surface area (Å²) in [5.41, 5.74) is 6.90. The quantitative estimate of drug-likeness (QED) is 0.841. The molecule has 0 saturated carbocycles. The van der Waals surface area contributed by atoms with Crippen molar-refractivity contribution in [1.82, 2.24) is 9.88 Å². The molecule has 0 aliphatic carbocycles. The lowest BCUT2D eigenvalue weighted by atomic mass is 10.2. The van der Waals surface area contributed by atoms with Crippen molar-refractivity contribution in [3.8, 4) is 0 Å². The number of morpholine rings is 1. The van der Waals surface area contributed by atoms with Crippen LogP contribution >= 0.6 is 0 Å². The fourth-order valence-corrected chi connectivity index (χ4v) is 2.18. The smallest absolute Gasteiger partial charge is 0.272 e. The third-order valence-electron chi connectivity index (χ3n) is 2.99. The summed E-state index contributed by atoms with van der Waals surface area (Å²) in [6.07, 6.45) is 1.79. The molecule has 5 heteroatoms. The lowest BCUT2D eigenvalue weighted by Gasteiger charge is -2.35. The van der Waals surface area contributed by atoms with Crippen molar-refractivity contribution in [2.75, 3.05) is 13.1 Å². The highest BCUT2D eigenvalue weighted by atomic mass is 16.5. The Labute approximate surface area is 107 Å². The Hall–Kier alpha value is -1.46. The molecular formula is C13H19N3O2. The first-order valence-electron chi connectivity index (χ1n) is 6.20. The van der Waals surface area contributed by atoms with Gasteiger partial charge in [-0.2, -0.15) is 0 Å². The number of nitrogens with zero attached hydrogens (tertiary/aromatic N) is 2. The van der Waals surface area contributed by atoms with Crippen LogP contribution in [0.1, 0.15) is 29.9 Å². The second-order valence-electron chi connectivity index (χ2n) is 4.72. The molecule has 0 radical (unpaired) electrons. The lowest BCUT2D eigenvalue weighted by molar-refractivity contribution is -0.0587. The molecule has 2 N–H and O–H groups in total. The number of nitrogens with two attached hydrogens (primary N) is 1. The van der Waals surface area contributed by atoms with Crippen molar-refractivity contribution < 1.29 is 9.53 Å². The Balaban J connectivity index is 2.09. The third kappa shape index (κ3) is 2.86. The molecule has 0 aromatic carbocycles. The third-order valence-corrected chi connectivity index (χ3v) is 2.99. The van der Waals surface area contributed by atoms with E-state index < -0.39 is 0 Å². The second-order valence-corrected chi connectivity index (χ2v) is 4.72. The SMILES string of the molecule is C[C@@H]1CN(C(=O)c2ccc(CN)cn2)C[C@H](C)O1. The van der Waals surface area contributed by atoms with Gasteiger partial charge >= 0.3 is 0 Å². The highest BCUT2D eigenvalue weighted by Gasteiger charge is 2.27. The maximum absolute atomic E-state index is 12.3. The number of carbonyl (C=O) groups excluding carboxylic acids is 1. The van der Waals surface area contributed by atoms with Gasteiger partial charge in [0.25, 0.3) is 5.91 Å². The van der Waals surface area contributed by atoms with E-state index in [0.717, 1.165) is 5.56 Å². The van der Waals surface area contributed by atoms with E-state index in [1.165, 1.54) is 0 Å². The van der Waals surface area contributed by atoms with Gasteiger partial charge in [-0.15, -0.1) is 0 Å². The average Bonchev–Trinajstić information content (AvgIpc) is 2.37. The highest BCUT2D eigenvalue weighted by Crippen LogP contribution is 2.13. The number of pyridine rings is 1. The van der Waals surface area contributed by atoms with E-state index in [-0.39, 0.29) is 18.1 Å². The van der Waals surface area contributed by atoms with Gasteiger partial charge in [-0.3, -0.25) is 9.78 Å². The molecule has 1 amide bonds. The van der Waals surface area contributed by atoms with E-state index in [1.54, 1.807) is 17.2 Å². The molecule has 2 heterocycles. The molecule has 0 unspecified atom stereocenters. The maximum atomic E-state index is 12.3. The van der Waals surface area contributed by atoms with Gasteiger partial charge in [0.15, 0.2) is 0 Å². The van der Waals surface area contributed by atoms with E-state index in [1.807, 2.05) is 19.9 Å². The topological polar surface area (TPSA) is 68.5 Å². The molecular weight excluding hydrogens is 230 g/mol. The van der Waals surface area contributed by atoms with Crippen LogP contribution in [0.2, 0.25) is 0 Å². The largest absolute Gasteiger partial charge is 0.372 e. The lowest BCUT2D eigenvalue weighted by Crippen LogP contribution is -2.48. The molecule has 18 heavy (non-hydrogen) atoms. The molecule has 98 valence electrons. The van der Waals surface area contributed by atoms with Gasteiger partial charge < -0.3 is 15.4 Å². The van der Waals surface area contributed by atoms with Crippen LogP contribution in [-0.4, -0.2) is 41.1 Å². The number of ether oxygens (including phenoxy) is 1. The number of hydrogen-bond donors (Lipinski definition) is 1. The van der Waals surface area contributed by atoms with Gasteiger partial charge in [0.1, 0.15) is 5.69 Å².